The summed E-state index contributed by atoms with van der Waals surface area (Å²) in [4.78, 5) is 72.9. The zero-order chi connectivity index (χ0) is 60.2. The molecule has 0 fully saturated rings. The number of ketones is 6. The molecular formula is C64H82Fe2O13. The van der Waals surface area contributed by atoms with Gasteiger partial charge in [0.05, 0.1) is 0 Å². The van der Waals surface area contributed by atoms with Gasteiger partial charge in [-0.05, 0) is 101 Å². The summed E-state index contributed by atoms with van der Waals surface area (Å²) in [5.41, 5.74) is -2.38. The van der Waals surface area contributed by atoms with Crippen molar-refractivity contribution in [1.82, 2.24) is 0 Å². The summed E-state index contributed by atoms with van der Waals surface area (Å²) in [5, 5.41) is 71.8. The number of carbonyl (C=O) groups is 6. The van der Waals surface area contributed by atoms with Crippen LogP contribution in [0.1, 0.15) is 196 Å². The average molecular weight is 1170 g/mol. The van der Waals surface area contributed by atoms with E-state index in [1.807, 2.05) is 13.8 Å². The van der Waals surface area contributed by atoms with Gasteiger partial charge in [-0.3, -0.25) is 28.8 Å². The molecule has 3 aromatic carbocycles. The molecule has 3 rings (SSSR count). The van der Waals surface area contributed by atoms with Gasteiger partial charge in [0.15, 0.2) is 34.7 Å². The number of carbonyl (C=O) groups excluding carboxylic acids is 6. The molecule has 0 saturated carbocycles. The average Bonchev–Trinajstić information content (AvgIpc) is 3.30. The first-order chi connectivity index (χ1) is 34.9. The minimum atomic E-state index is -0.643. The summed E-state index contributed by atoms with van der Waals surface area (Å²) in [6.45, 7) is 36.8. The van der Waals surface area contributed by atoms with Crippen molar-refractivity contribution in [3.05, 3.63) is 171 Å². The molecule has 3 aromatic rings. The fourth-order valence-electron chi connectivity index (χ4n) is 5.19. The van der Waals surface area contributed by atoms with E-state index in [9.17, 15) is 59.4 Å². The van der Waals surface area contributed by atoms with Crippen LogP contribution in [0.15, 0.2) is 138 Å². The number of hydrogen-bond acceptors (Lipinski definition) is 13. The molecule has 0 atom stereocenters. The largest absolute Gasteiger partial charge is 3.00 e. The monoisotopic (exact) mass is 1170 g/mol. The third-order valence-corrected chi connectivity index (χ3v) is 10.7. The molecule has 0 unspecified atom stereocenters. The molecule has 432 valence electrons. The van der Waals surface area contributed by atoms with Crippen molar-refractivity contribution in [1.29, 1.82) is 0 Å². The van der Waals surface area contributed by atoms with Crippen LogP contribution in [-0.2, 0) is 43.7 Å². The van der Waals surface area contributed by atoms with Crippen LogP contribution < -0.4 is 30.6 Å². The van der Waals surface area contributed by atoms with E-state index < -0.39 is 67.2 Å². The van der Waals surface area contributed by atoms with Gasteiger partial charge in [-0.2, -0.15) is 0 Å². The summed E-state index contributed by atoms with van der Waals surface area (Å²) < 4.78 is 4.83. The number of ether oxygens (including phenoxy) is 1. The summed E-state index contributed by atoms with van der Waals surface area (Å²) in [6, 6.07) is 18.1. The molecule has 0 bridgehead atoms. The Hall–Kier alpha value is -6.08. The molecule has 0 amide bonds. The first-order valence-corrected chi connectivity index (χ1v) is 25.4. The smallest absolute Gasteiger partial charge is 0.875 e. The Morgan fingerprint density at radius 1 is 0.342 bits per heavy atom. The first-order valence-electron chi connectivity index (χ1n) is 25.4. The molecule has 0 heterocycles. The summed E-state index contributed by atoms with van der Waals surface area (Å²) >= 11 is 0. The third-order valence-electron chi connectivity index (χ3n) is 10.7. The Labute approximate surface area is 491 Å². The summed E-state index contributed by atoms with van der Waals surface area (Å²) in [6.07, 6.45) is 6.30. The number of allylic oxidation sites excluding steroid dienone is 11. The summed E-state index contributed by atoms with van der Waals surface area (Å²) in [5.74, 6) is -4.39. The van der Waals surface area contributed by atoms with E-state index in [0.29, 0.717) is 0 Å². The predicted octanol–water partition coefficient (Wildman–Crippen LogP) is 8.78. The van der Waals surface area contributed by atoms with E-state index in [0.717, 1.165) is 49.7 Å². The van der Waals surface area contributed by atoms with Crippen molar-refractivity contribution < 1.29 is 98.3 Å². The van der Waals surface area contributed by atoms with Gasteiger partial charge in [0.2, 0.25) is 0 Å². The van der Waals surface area contributed by atoms with E-state index in [2.05, 4.69) is 0 Å². The third kappa shape index (κ3) is 29.1. The molecule has 0 aliphatic carbocycles. The zero-order valence-corrected chi connectivity index (χ0v) is 52.0. The van der Waals surface area contributed by atoms with Crippen LogP contribution in [0.2, 0.25) is 0 Å². The molecule has 0 aliphatic rings. The molecule has 15 heteroatoms. The van der Waals surface area contributed by atoms with Crippen molar-refractivity contribution in [2.75, 3.05) is 13.2 Å². The SMILES string of the molecule is CC(C)(C)/C([O-])=C/C(=O)c1cccc(C(=O)/C=C(\[O-])C(C)(C)C)c1.CC(C)(C)/C([O-])=C/C(=O)c1cccc(C(=O)/C=C(\[O-])C(C)(C)C)c1.CC(C)(C)C(=O)/C=C(\[O-])c1cccc(C(=O)/C=C(\[O-])C(C)(C)C)c1.CCOCC.[Fe+3].[Fe+3]. The molecular weight excluding hydrogens is 1090 g/mol. The second-order valence-electron chi connectivity index (χ2n) is 24.3. The Kier molecular flexibility index (Phi) is 32.1. The van der Waals surface area contributed by atoms with Gasteiger partial charge in [-0.15, -0.1) is 28.8 Å². The van der Waals surface area contributed by atoms with Crippen molar-refractivity contribution in [2.45, 2.75) is 138 Å². The molecule has 0 aromatic heterocycles. The summed E-state index contributed by atoms with van der Waals surface area (Å²) in [7, 11) is 0. The fraction of sp³-hybridized carbons (Fsp3) is 0.438. The van der Waals surface area contributed by atoms with Crippen LogP contribution in [-0.4, -0.2) is 47.9 Å². The molecule has 0 spiro atoms. The van der Waals surface area contributed by atoms with Gasteiger partial charge >= 0.3 is 34.1 Å². The van der Waals surface area contributed by atoms with E-state index in [1.165, 1.54) is 54.6 Å². The minimum Gasteiger partial charge on any atom is -0.875 e. The van der Waals surface area contributed by atoms with Gasteiger partial charge in [0.25, 0.3) is 0 Å². The molecule has 79 heavy (non-hydrogen) atoms. The second-order valence-corrected chi connectivity index (χ2v) is 24.3. The fourth-order valence-corrected chi connectivity index (χ4v) is 5.19. The Bertz CT molecular complexity index is 2500. The van der Waals surface area contributed by atoms with Crippen LogP contribution >= 0.6 is 0 Å². The van der Waals surface area contributed by atoms with Gasteiger partial charge in [0.1, 0.15) is 0 Å². The normalized spacial score (nSPS) is 13.1. The molecule has 2 radical (unpaired) electrons. The predicted molar refractivity (Wildman–Crippen MR) is 293 cm³/mol. The maximum Gasteiger partial charge on any atom is 3.00 e. The van der Waals surface area contributed by atoms with Crippen LogP contribution in [0.25, 0.3) is 5.76 Å². The van der Waals surface area contributed by atoms with Crippen molar-refractivity contribution in [3.63, 3.8) is 0 Å². The van der Waals surface area contributed by atoms with E-state index in [1.54, 1.807) is 143 Å². The number of rotatable bonds is 14. The van der Waals surface area contributed by atoms with Crippen LogP contribution in [0, 0.1) is 32.5 Å². The van der Waals surface area contributed by atoms with Gasteiger partial charge in [-0.25, -0.2) is 0 Å². The van der Waals surface area contributed by atoms with Crippen molar-refractivity contribution in [2.24, 2.45) is 32.5 Å². The van der Waals surface area contributed by atoms with Crippen LogP contribution in [0.4, 0.5) is 0 Å². The molecule has 13 nitrogen and oxygen atoms in total. The van der Waals surface area contributed by atoms with Crippen LogP contribution in [0.5, 0.6) is 0 Å². The van der Waals surface area contributed by atoms with Gasteiger partial charge < -0.3 is 35.4 Å². The molecule has 0 aliphatic heterocycles. The van der Waals surface area contributed by atoms with E-state index >= 15 is 0 Å². The first kappa shape index (κ1) is 77.2. The minimum absolute atomic E-state index is 0. The molecule has 0 N–H and O–H groups in total. The Morgan fingerprint density at radius 3 is 0.696 bits per heavy atom. The maximum atomic E-state index is 12.2. The molecule has 0 saturated heterocycles. The number of benzene rings is 3. The Morgan fingerprint density at radius 2 is 0.532 bits per heavy atom. The standard InChI is InChI=1S/3C20H26O4.C4H10O.2Fe/c3*1-19(2,3)17(23)11-15(21)13-8-7-9-14(10-13)16(22)12-18(24)20(4,5)6;1-3-5-4-2;;/h2*7-12,23-24H,1-6H3;7-12,21,24H,1-6H3;3-4H2,1-2H3;;/q;;;;2*+3/p-6/b2*17-11-,18-12-;15-11-,18-12-;;;. The van der Waals surface area contributed by atoms with Gasteiger partial charge in [0, 0.05) is 46.4 Å². The van der Waals surface area contributed by atoms with Crippen molar-refractivity contribution >= 4 is 40.5 Å². The number of hydrogen-bond donors (Lipinski definition) is 0. The maximum absolute atomic E-state index is 12.2. The Balaban J connectivity index is -0.00000104. The van der Waals surface area contributed by atoms with E-state index in [4.69, 9.17) is 4.74 Å². The second kappa shape index (κ2) is 32.9. The van der Waals surface area contributed by atoms with Crippen molar-refractivity contribution in [3.8, 4) is 0 Å². The van der Waals surface area contributed by atoms with Crippen LogP contribution in [0.3, 0.4) is 0 Å². The topological polar surface area (TPSA) is 250 Å². The zero-order valence-electron chi connectivity index (χ0n) is 49.8. The van der Waals surface area contributed by atoms with Gasteiger partial charge in [-0.1, -0.05) is 185 Å². The quantitative estimate of drug-likeness (QED) is 0.0634. The van der Waals surface area contributed by atoms with E-state index in [-0.39, 0.29) is 102 Å².